The lowest BCUT2D eigenvalue weighted by Crippen LogP contribution is -2.31. The van der Waals surface area contributed by atoms with Crippen LogP contribution in [0.25, 0.3) is 0 Å². The van der Waals surface area contributed by atoms with E-state index < -0.39 is 26.6 Å². The molecular weight excluding hydrogens is 296 g/mol. The van der Waals surface area contributed by atoms with E-state index in [9.17, 15) is 17.2 Å². The van der Waals surface area contributed by atoms with Gasteiger partial charge in [0.1, 0.15) is 11.7 Å². The molecule has 0 saturated carbocycles. The van der Waals surface area contributed by atoms with Gasteiger partial charge in [0.25, 0.3) is 10.0 Å². The molecule has 21 heavy (non-hydrogen) atoms. The molecular formula is C15H15F2NO2S. The molecule has 0 N–H and O–H groups in total. The van der Waals surface area contributed by atoms with E-state index in [1.54, 1.807) is 24.3 Å². The van der Waals surface area contributed by atoms with Gasteiger partial charge in [0, 0.05) is 6.54 Å². The molecule has 2 rings (SSSR count). The number of benzene rings is 1. The fraction of sp³-hybridized carbons (Fsp3) is 0.200. The number of fused-ring (bicyclic) bond motifs is 1. The average Bonchev–Trinajstić information content (AvgIpc) is 2.91. The van der Waals surface area contributed by atoms with Gasteiger partial charge in [-0.15, -0.1) is 0 Å². The van der Waals surface area contributed by atoms with Crippen LogP contribution in [0.5, 0.6) is 0 Å². The van der Waals surface area contributed by atoms with Crippen LogP contribution in [-0.2, 0) is 16.4 Å². The molecule has 1 heterocycles. The Morgan fingerprint density at radius 3 is 2.62 bits per heavy atom. The van der Waals surface area contributed by atoms with Gasteiger partial charge in [0.2, 0.25) is 0 Å². The van der Waals surface area contributed by atoms with Gasteiger partial charge in [-0.25, -0.2) is 17.2 Å². The van der Waals surface area contributed by atoms with Crippen molar-refractivity contribution in [1.82, 2.24) is 0 Å². The van der Waals surface area contributed by atoms with E-state index in [4.69, 9.17) is 0 Å². The highest BCUT2D eigenvalue weighted by atomic mass is 32.2. The van der Waals surface area contributed by atoms with Crippen molar-refractivity contribution < 1.29 is 17.2 Å². The number of allylic oxidation sites excluding steroid dienone is 4. The third-order valence-electron chi connectivity index (χ3n) is 3.26. The third kappa shape index (κ3) is 2.63. The van der Waals surface area contributed by atoms with Crippen LogP contribution in [0, 0.1) is 0 Å². The van der Waals surface area contributed by atoms with Crippen LogP contribution >= 0.6 is 0 Å². The van der Waals surface area contributed by atoms with Gasteiger partial charge in [-0.2, -0.15) is 0 Å². The number of para-hydroxylation sites is 1. The first-order valence-corrected chi connectivity index (χ1v) is 7.82. The second-order valence-electron chi connectivity index (χ2n) is 4.47. The zero-order chi connectivity index (χ0) is 15.6. The van der Waals surface area contributed by atoms with E-state index in [0.29, 0.717) is 18.2 Å². The van der Waals surface area contributed by atoms with Gasteiger partial charge >= 0.3 is 0 Å². The Bertz CT molecular complexity index is 736. The smallest absolute Gasteiger partial charge is 0.266 e. The summed E-state index contributed by atoms with van der Waals surface area (Å²) in [5.41, 5.74) is 1.29. The highest BCUT2D eigenvalue weighted by Gasteiger charge is 2.35. The summed E-state index contributed by atoms with van der Waals surface area (Å²) in [6.07, 6.45) is 2.12. The summed E-state index contributed by atoms with van der Waals surface area (Å²) in [6.45, 7) is 4.64. The molecule has 0 bridgehead atoms. The van der Waals surface area contributed by atoms with Crippen molar-refractivity contribution in [2.24, 2.45) is 0 Å². The summed E-state index contributed by atoms with van der Waals surface area (Å²) in [5, 5.41) is 0. The van der Waals surface area contributed by atoms with Crippen LogP contribution in [0.3, 0.4) is 0 Å². The normalized spacial score (nSPS) is 16.5. The number of hydrogen-bond acceptors (Lipinski definition) is 2. The summed E-state index contributed by atoms with van der Waals surface area (Å²) >= 11 is 0. The van der Waals surface area contributed by atoms with Crippen molar-refractivity contribution in [3.05, 3.63) is 65.1 Å². The van der Waals surface area contributed by atoms with E-state index in [1.165, 1.54) is 6.92 Å². The Labute approximate surface area is 122 Å². The Balaban J connectivity index is 2.60. The van der Waals surface area contributed by atoms with Crippen molar-refractivity contribution in [3.63, 3.8) is 0 Å². The van der Waals surface area contributed by atoms with E-state index in [1.807, 2.05) is 0 Å². The second kappa shape index (κ2) is 5.81. The van der Waals surface area contributed by atoms with Crippen molar-refractivity contribution in [2.45, 2.75) is 13.3 Å². The molecule has 0 fully saturated rings. The van der Waals surface area contributed by atoms with Crippen LogP contribution in [0.2, 0.25) is 0 Å². The molecule has 0 radical (unpaired) electrons. The first kappa shape index (κ1) is 15.4. The van der Waals surface area contributed by atoms with Crippen LogP contribution in [0.15, 0.2) is 59.6 Å². The summed E-state index contributed by atoms with van der Waals surface area (Å²) < 4.78 is 53.9. The Kier molecular flexibility index (Phi) is 4.27. The van der Waals surface area contributed by atoms with Crippen molar-refractivity contribution >= 4 is 15.7 Å². The molecule has 1 aromatic rings. The predicted molar refractivity (Wildman–Crippen MR) is 79.6 cm³/mol. The Morgan fingerprint density at radius 2 is 2.00 bits per heavy atom. The molecule has 0 saturated heterocycles. The maximum atomic E-state index is 13.9. The minimum absolute atomic E-state index is 0.159. The molecule has 112 valence electrons. The maximum Gasteiger partial charge on any atom is 0.270 e. The highest BCUT2D eigenvalue weighted by Crippen LogP contribution is 2.35. The van der Waals surface area contributed by atoms with Crippen molar-refractivity contribution in [3.8, 4) is 0 Å². The quantitative estimate of drug-likeness (QED) is 0.796. The third-order valence-corrected chi connectivity index (χ3v) is 5.12. The van der Waals surface area contributed by atoms with Gasteiger partial charge in [0.15, 0.2) is 4.91 Å². The summed E-state index contributed by atoms with van der Waals surface area (Å²) in [6, 6.07) is 6.90. The van der Waals surface area contributed by atoms with Crippen LogP contribution in [-0.4, -0.2) is 15.0 Å². The lowest BCUT2D eigenvalue weighted by molar-refractivity contribution is 0.581. The number of nitrogens with zero attached hydrogens (tertiary/aromatic N) is 1. The fourth-order valence-corrected chi connectivity index (χ4v) is 3.94. The van der Waals surface area contributed by atoms with Gasteiger partial charge < -0.3 is 0 Å². The molecule has 0 aromatic heterocycles. The van der Waals surface area contributed by atoms with Gasteiger partial charge in [-0.3, -0.25) is 4.31 Å². The number of anilines is 1. The summed E-state index contributed by atoms with van der Waals surface area (Å²) in [5.74, 6) is -2.33. The Morgan fingerprint density at radius 1 is 1.33 bits per heavy atom. The lowest BCUT2D eigenvalue weighted by Gasteiger charge is -2.20. The molecule has 0 spiro atoms. The van der Waals surface area contributed by atoms with Crippen molar-refractivity contribution in [2.75, 3.05) is 10.8 Å². The molecule has 0 atom stereocenters. The summed E-state index contributed by atoms with van der Waals surface area (Å²) in [4.78, 5) is -0.975. The first-order chi connectivity index (χ1) is 9.93. The zero-order valence-electron chi connectivity index (χ0n) is 11.5. The standard InChI is InChI=1S/C15H15F2NO2S/c1-3-12(16)15(13(17)4-2)21(19,20)18-10-9-11-7-5-6-8-14(11)18/h3-8H,1,9-10H2,2H3/b13-4+,15-12-. The topological polar surface area (TPSA) is 37.4 Å². The van der Waals surface area contributed by atoms with Crippen LogP contribution < -0.4 is 4.31 Å². The Hall–Kier alpha value is -1.95. The monoisotopic (exact) mass is 311 g/mol. The van der Waals surface area contributed by atoms with E-state index >= 15 is 0 Å². The van der Waals surface area contributed by atoms with E-state index in [0.717, 1.165) is 15.9 Å². The molecule has 1 aliphatic rings. The molecule has 6 heteroatoms. The van der Waals surface area contributed by atoms with Crippen molar-refractivity contribution in [1.29, 1.82) is 0 Å². The maximum absolute atomic E-state index is 13.9. The minimum Gasteiger partial charge on any atom is -0.266 e. The van der Waals surface area contributed by atoms with E-state index in [2.05, 4.69) is 6.58 Å². The molecule has 0 amide bonds. The molecule has 0 unspecified atom stereocenters. The molecule has 0 aliphatic carbocycles. The van der Waals surface area contributed by atoms with Crippen LogP contribution in [0.1, 0.15) is 12.5 Å². The average molecular weight is 311 g/mol. The number of hydrogen-bond donors (Lipinski definition) is 0. The predicted octanol–water partition coefficient (Wildman–Crippen LogP) is 3.62. The largest absolute Gasteiger partial charge is 0.270 e. The lowest BCUT2D eigenvalue weighted by atomic mass is 10.2. The van der Waals surface area contributed by atoms with E-state index in [-0.39, 0.29) is 6.54 Å². The van der Waals surface area contributed by atoms with Gasteiger partial charge in [-0.05, 0) is 31.1 Å². The second-order valence-corrected chi connectivity index (χ2v) is 6.27. The number of rotatable bonds is 4. The fourth-order valence-electron chi connectivity index (χ4n) is 2.25. The number of halogens is 2. The minimum atomic E-state index is -4.31. The highest BCUT2D eigenvalue weighted by molar-refractivity contribution is 7.96. The van der Waals surface area contributed by atoms with Crippen LogP contribution in [0.4, 0.5) is 14.5 Å². The molecule has 1 aliphatic heterocycles. The van der Waals surface area contributed by atoms with Gasteiger partial charge in [0.05, 0.1) is 5.69 Å². The first-order valence-electron chi connectivity index (χ1n) is 6.38. The molecule has 1 aromatic carbocycles. The zero-order valence-corrected chi connectivity index (χ0v) is 12.3. The van der Waals surface area contributed by atoms with Gasteiger partial charge in [-0.1, -0.05) is 30.9 Å². The molecule has 3 nitrogen and oxygen atoms in total. The SMILES string of the molecule is C=C/C(F)=C(\C(F)=C/C)S(=O)(=O)N1CCc2ccccc21. The number of sulfonamides is 1. The summed E-state index contributed by atoms with van der Waals surface area (Å²) in [7, 11) is -4.31.